The van der Waals surface area contributed by atoms with Crippen LogP contribution in [0.1, 0.15) is 12.5 Å². The SMILES string of the molecule is CC(OCc1ccccc1)C(=O)NOCC(N)=O. The fraction of sp³-hybridized carbons (Fsp3) is 0.333. The largest absolute Gasteiger partial charge is 0.368 e. The minimum Gasteiger partial charge on any atom is -0.368 e. The predicted molar refractivity (Wildman–Crippen MR) is 64.0 cm³/mol. The normalized spacial score (nSPS) is 11.8. The first-order valence-electron chi connectivity index (χ1n) is 5.45. The minimum atomic E-state index is -0.682. The number of hydroxylamine groups is 1. The van der Waals surface area contributed by atoms with Crippen molar-refractivity contribution in [2.24, 2.45) is 5.73 Å². The molecule has 6 heteroatoms. The van der Waals surface area contributed by atoms with Crippen LogP contribution in [0.25, 0.3) is 0 Å². The van der Waals surface area contributed by atoms with Gasteiger partial charge in [0.15, 0.2) is 6.61 Å². The third-order valence-electron chi connectivity index (χ3n) is 2.10. The van der Waals surface area contributed by atoms with Crippen LogP contribution in [-0.2, 0) is 25.8 Å². The molecule has 0 saturated heterocycles. The van der Waals surface area contributed by atoms with Crippen molar-refractivity contribution in [3.05, 3.63) is 35.9 Å². The lowest BCUT2D eigenvalue weighted by Crippen LogP contribution is -2.36. The van der Waals surface area contributed by atoms with Gasteiger partial charge in [0.2, 0.25) is 5.91 Å². The second-order valence-electron chi connectivity index (χ2n) is 3.66. The zero-order chi connectivity index (χ0) is 13.4. The third-order valence-corrected chi connectivity index (χ3v) is 2.10. The molecule has 0 spiro atoms. The number of amides is 2. The topological polar surface area (TPSA) is 90.7 Å². The van der Waals surface area contributed by atoms with Crippen molar-refractivity contribution in [3.63, 3.8) is 0 Å². The number of hydrogen-bond acceptors (Lipinski definition) is 4. The molecule has 0 aliphatic carbocycles. The highest BCUT2D eigenvalue weighted by atomic mass is 16.7. The number of hydrogen-bond donors (Lipinski definition) is 2. The van der Waals surface area contributed by atoms with Crippen molar-refractivity contribution in [3.8, 4) is 0 Å². The number of nitrogens with one attached hydrogen (secondary N) is 1. The highest BCUT2D eigenvalue weighted by Crippen LogP contribution is 2.03. The zero-order valence-corrected chi connectivity index (χ0v) is 10.1. The summed E-state index contributed by atoms with van der Waals surface area (Å²) < 4.78 is 5.34. The second-order valence-corrected chi connectivity index (χ2v) is 3.66. The van der Waals surface area contributed by atoms with E-state index >= 15 is 0 Å². The second kappa shape index (κ2) is 7.41. The molecule has 0 aliphatic heterocycles. The van der Waals surface area contributed by atoms with Crippen molar-refractivity contribution < 1.29 is 19.2 Å². The Bertz CT molecular complexity index is 394. The van der Waals surface area contributed by atoms with Gasteiger partial charge in [-0.2, -0.15) is 0 Å². The first kappa shape index (κ1) is 14.1. The summed E-state index contributed by atoms with van der Waals surface area (Å²) in [6.07, 6.45) is -0.682. The molecular weight excluding hydrogens is 236 g/mol. The van der Waals surface area contributed by atoms with E-state index in [1.54, 1.807) is 6.92 Å². The van der Waals surface area contributed by atoms with Crippen LogP contribution < -0.4 is 11.2 Å². The van der Waals surface area contributed by atoms with Crippen LogP contribution in [0, 0.1) is 0 Å². The van der Waals surface area contributed by atoms with E-state index in [1.807, 2.05) is 30.3 Å². The highest BCUT2D eigenvalue weighted by molar-refractivity contribution is 5.80. The lowest BCUT2D eigenvalue weighted by molar-refractivity contribution is -0.147. The zero-order valence-electron chi connectivity index (χ0n) is 10.1. The monoisotopic (exact) mass is 252 g/mol. The molecule has 1 aromatic rings. The van der Waals surface area contributed by atoms with Gasteiger partial charge in [-0.3, -0.25) is 14.4 Å². The summed E-state index contributed by atoms with van der Waals surface area (Å²) in [5.74, 6) is -1.12. The van der Waals surface area contributed by atoms with Gasteiger partial charge in [0.1, 0.15) is 6.10 Å². The Labute approximate surface area is 105 Å². The molecule has 1 atom stereocenters. The number of carbonyl (C=O) groups is 2. The first-order valence-corrected chi connectivity index (χ1v) is 5.45. The van der Waals surface area contributed by atoms with Crippen molar-refractivity contribution in [2.45, 2.75) is 19.6 Å². The Kier molecular flexibility index (Phi) is 5.83. The molecule has 0 saturated carbocycles. The van der Waals surface area contributed by atoms with E-state index in [9.17, 15) is 9.59 Å². The third kappa shape index (κ3) is 5.42. The molecule has 18 heavy (non-hydrogen) atoms. The first-order chi connectivity index (χ1) is 8.59. The maximum Gasteiger partial charge on any atom is 0.272 e. The molecule has 1 aromatic carbocycles. The summed E-state index contributed by atoms with van der Waals surface area (Å²) in [6.45, 7) is 1.55. The Balaban J connectivity index is 2.25. The molecule has 1 unspecified atom stereocenters. The molecule has 0 radical (unpaired) electrons. The van der Waals surface area contributed by atoms with Crippen LogP contribution in [-0.4, -0.2) is 24.5 Å². The van der Waals surface area contributed by atoms with Gasteiger partial charge in [-0.15, -0.1) is 0 Å². The van der Waals surface area contributed by atoms with E-state index in [0.717, 1.165) is 5.56 Å². The Morgan fingerprint density at radius 3 is 2.61 bits per heavy atom. The molecule has 2 amide bonds. The molecule has 98 valence electrons. The van der Waals surface area contributed by atoms with Crippen molar-refractivity contribution in [1.82, 2.24) is 5.48 Å². The Morgan fingerprint density at radius 2 is 2.00 bits per heavy atom. The summed E-state index contributed by atoms with van der Waals surface area (Å²) in [6, 6.07) is 9.47. The molecule has 0 aromatic heterocycles. The fourth-order valence-electron chi connectivity index (χ4n) is 1.13. The minimum absolute atomic E-state index is 0.325. The van der Waals surface area contributed by atoms with Crippen LogP contribution in [0.2, 0.25) is 0 Å². The number of carbonyl (C=O) groups excluding carboxylic acids is 2. The standard InChI is InChI=1S/C12H16N2O4/c1-9(12(16)14-18-8-11(13)15)17-7-10-5-3-2-4-6-10/h2-6,9H,7-8H2,1H3,(H2,13,15)(H,14,16). The maximum atomic E-state index is 11.4. The molecule has 0 fully saturated rings. The molecule has 6 nitrogen and oxygen atoms in total. The van der Waals surface area contributed by atoms with Gasteiger partial charge in [-0.1, -0.05) is 30.3 Å². The van der Waals surface area contributed by atoms with Crippen LogP contribution in [0.4, 0.5) is 0 Å². The smallest absolute Gasteiger partial charge is 0.272 e. The van der Waals surface area contributed by atoms with Crippen LogP contribution in [0.3, 0.4) is 0 Å². The lowest BCUT2D eigenvalue weighted by atomic mass is 10.2. The summed E-state index contributed by atoms with van der Waals surface area (Å²) in [7, 11) is 0. The number of ether oxygens (including phenoxy) is 1. The van der Waals surface area contributed by atoms with Crippen LogP contribution in [0.5, 0.6) is 0 Å². The molecule has 3 N–H and O–H groups in total. The quantitative estimate of drug-likeness (QED) is 0.674. The number of nitrogens with two attached hydrogens (primary N) is 1. The van der Waals surface area contributed by atoms with Gasteiger partial charge in [-0.25, -0.2) is 5.48 Å². The van der Waals surface area contributed by atoms with Gasteiger partial charge >= 0.3 is 0 Å². The van der Waals surface area contributed by atoms with Gasteiger partial charge < -0.3 is 10.5 Å². The summed E-state index contributed by atoms with van der Waals surface area (Å²) in [5, 5.41) is 0. The van der Waals surface area contributed by atoms with E-state index in [0.29, 0.717) is 6.61 Å². The van der Waals surface area contributed by atoms with Crippen molar-refractivity contribution in [2.75, 3.05) is 6.61 Å². The van der Waals surface area contributed by atoms with E-state index in [-0.39, 0.29) is 6.61 Å². The maximum absolute atomic E-state index is 11.4. The molecule has 0 aliphatic rings. The Morgan fingerprint density at radius 1 is 1.33 bits per heavy atom. The summed E-state index contributed by atoms with van der Waals surface area (Å²) in [4.78, 5) is 26.4. The summed E-state index contributed by atoms with van der Waals surface area (Å²) >= 11 is 0. The van der Waals surface area contributed by atoms with E-state index < -0.39 is 17.9 Å². The predicted octanol–water partition coefficient (Wildman–Crippen LogP) is 0.125. The lowest BCUT2D eigenvalue weighted by Gasteiger charge is -2.12. The average Bonchev–Trinajstić information content (AvgIpc) is 2.36. The van der Waals surface area contributed by atoms with Gasteiger partial charge in [-0.05, 0) is 12.5 Å². The van der Waals surface area contributed by atoms with E-state index in [4.69, 9.17) is 10.5 Å². The van der Waals surface area contributed by atoms with Gasteiger partial charge in [0.05, 0.1) is 6.61 Å². The molecule has 0 bridgehead atoms. The van der Waals surface area contributed by atoms with E-state index in [2.05, 4.69) is 10.3 Å². The average molecular weight is 252 g/mol. The van der Waals surface area contributed by atoms with Gasteiger partial charge in [0, 0.05) is 0 Å². The number of rotatable bonds is 7. The molecular formula is C12H16N2O4. The van der Waals surface area contributed by atoms with E-state index in [1.165, 1.54) is 0 Å². The van der Waals surface area contributed by atoms with Crippen molar-refractivity contribution >= 4 is 11.8 Å². The van der Waals surface area contributed by atoms with Crippen LogP contribution >= 0.6 is 0 Å². The number of benzene rings is 1. The summed E-state index contributed by atoms with van der Waals surface area (Å²) in [5.41, 5.74) is 7.90. The van der Waals surface area contributed by atoms with Crippen LogP contribution in [0.15, 0.2) is 30.3 Å². The Hall–Kier alpha value is -1.92. The highest BCUT2D eigenvalue weighted by Gasteiger charge is 2.13. The number of primary amides is 1. The van der Waals surface area contributed by atoms with Gasteiger partial charge in [0.25, 0.3) is 5.91 Å². The fourth-order valence-corrected chi connectivity index (χ4v) is 1.13. The molecule has 1 rings (SSSR count). The molecule has 0 heterocycles. The van der Waals surface area contributed by atoms with Crippen molar-refractivity contribution in [1.29, 1.82) is 0 Å².